The monoisotopic (exact) mass is 333 g/mol. The first-order chi connectivity index (χ1) is 11.2. The van der Waals surface area contributed by atoms with E-state index in [-0.39, 0.29) is 5.60 Å². The normalized spacial score (nSPS) is 33.8. The van der Waals surface area contributed by atoms with Crippen molar-refractivity contribution >= 4 is 28.3 Å². The Bertz CT molecular complexity index is 741. The average molecular weight is 334 g/mol. The molecule has 0 amide bonds. The van der Waals surface area contributed by atoms with Gasteiger partial charge in [-0.15, -0.1) is 10.7 Å². The average Bonchev–Trinajstić information content (AvgIpc) is 3.13. The molecule has 2 N–H and O–H groups in total. The molecular weight excluding hydrogens is 314 g/mol. The quantitative estimate of drug-likeness (QED) is 0.866. The first kappa shape index (κ1) is 14.1. The fourth-order valence-corrected chi connectivity index (χ4v) is 4.83. The van der Waals surface area contributed by atoms with Crippen LogP contribution >= 0.6 is 11.6 Å². The van der Waals surface area contributed by atoms with Crippen molar-refractivity contribution in [2.24, 2.45) is 11.8 Å². The molecule has 3 aliphatic carbocycles. The molecule has 2 aromatic rings. The first-order valence-corrected chi connectivity index (χ1v) is 8.74. The molecule has 1 atom stereocenters. The lowest BCUT2D eigenvalue weighted by molar-refractivity contribution is -0.146. The standard InChI is InChI=1S/C17H20ClN3O2/c18-15-9-22-16-7-13(5-6-14(15)16)19-21-10-17(23-20-21)8-11-1-3-12(17)4-2-11/h5-7,9,11-12,19-20H,1-4,8,10H2/t11?,12?,17-/m0/s1. The van der Waals surface area contributed by atoms with Gasteiger partial charge in [0.05, 0.1) is 17.3 Å². The van der Waals surface area contributed by atoms with Gasteiger partial charge in [-0.2, -0.15) is 0 Å². The van der Waals surface area contributed by atoms with E-state index >= 15 is 0 Å². The van der Waals surface area contributed by atoms with Crippen molar-refractivity contribution in [1.29, 1.82) is 0 Å². The fourth-order valence-electron chi connectivity index (χ4n) is 4.63. The van der Waals surface area contributed by atoms with Crippen LogP contribution in [0.1, 0.15) is 32.1 Å². The van der Waals surface area contributed by atoms with Crippen LogP contribution in [0.25, 0.3) is 11.0 Å². The maximum Gasteiger partial charge on any atom is 0.137 e. The van der Waals surface area contributed by atoms with Crippen molar-refractivity contribution in [2.45, 2.75) is 37.7 Å². The van der Waals surface area contributed by atoms with E-state index in [2.05, 4.69) is 11.0 Å². The second-order valence-electron chi connectivity index (χ2n) is 7.17. The third-order valence-electron chi connectivity index (χ3n) is 5.80. The van der Waals surface area contributed by atoms with Crippen molar-refractivity contribution in [3.63, 3.8) is 0 Å². The summed E-state index contributed by atoms with van der Waals surface area (Å²) < 4.78 is 5.46. The number of nitrogens with one attached hydrogen (secondary N) is 2. The summed E-state index contributed by atoms with van der Waals surface area (Å²) in [6, 6.07) is 5.93. The van der Waals surface area contributed by atoms with Gasteiger partial charge in [-0.1, -0.05) is 11.6 Å². The lowest BCUT2D eigenvalue weighted by atomic mass is 9.62. The zero-order valence-electron chi connectivity index (χ0n) is 12.8. The summed E-state index contributed by atoms with van der Waals surface area (Å²) >= 11 is 6.07. The number of hydrogen-bond acceptors (Lipinski definition) is 5. The third kappa shape index (κ3) is 2.26. The second-order valence-corrected chi connectivity index (χ2v) is 7.58. The van der Waals surface area contributed by atoms with E-state index in [4.69, 9.17) is 20.9 Å². The molecule has 2 bridgehead atoms. The number of halogens is 1. The lowest BCUT2D eigenvalue weighted by Gasteiger charge is -2.47. The number of furan rings is 1. The highest BCUT2D eigenvalue weighted by molar-refractivity contribution is 6.35. The molecule has 4 aliphatic rings. The number of fused-ring (bicyclic) bond motifs is 3. The zero-order valence-corrected chi connectivity index (χ0v) is 13.6. The Labute approximate surface area is 139 Å². The summed E-state index contributed by atoms with van der Waals surface area (Å²) in [5.41, 5.74) is 8.16. The van der Waals surface area contributed by atoms with Gasteiger partial charge in [0.25, 0.3) is 0 Å². The van der Waals surface area contributed by atoms with Gasteiger partial charge in [-0.3, -0.25) is 4.84 Å². The molecule has 1 aromatic heterocycles. The van der Waals surface area contributed by atoms with Crippen LogP contribution in [-0.4, -0.2) is 17.3 Å². The number of hydrazine groups is 2. The van der Waals surface area contributed by atoms with Crippen molar-refractivity contribution in [1.82, 2.24) is 10.7 Å². The summed E-state index contributed by atoms with van der Waals surface area (Å²) in [4.78, 5) is 6.06. The topological polar surface area (TPSA) is 49.7 Å². The third-order valence-corrected chi connectivity index (χ3v) is 6.09. The van der Waals surface area contributed by atoms with Crippen LogP contribution in [-0.2, 0) is 4.84 Å². The van der Waals surface area contributed by atoms with Gasteiger partial charge in [-0.25, -0.2) is 0 Å². The Balaban J connectivity index is 1.33. The van der Waals surface area contributed by atoms with Crippen LogP contribution in [0.4, 0.5) is 5.69 Å². The highest BCUT2D eigenvalue weighted by Gasteiger charge is 2.52. The van der Waals surface area contributed by atoms with Crippen molar-refractivity contribution in [3.8, 4) is 0 Å². The Hall–Kier alpha value is -1.27. The Kier molecular flexibility index (Phi) is 3.14. The summed E-state index contributed by atoms with van der Waals surface area (Å²) in [6.45, 7) is 0.866. The molecule has 23 heavy (non-hydrogen) atoms. The zero-order chi connectivity index (χ0) is 15.4. The Morgan fingerprint density at radius 3 is 2.91 bits per heavy atom. The fraction of sp³-hybridized carbons (Fsp3) is 0.529. The number of hydrogen-bond donors (Lipinski definition) is 2. The highest BCUT2D eigenvalue weighted by atomic mass is 35.5. The molecular formula is C17H20ClN3O2. The largest absolute Gasteiger partial charge is 0.463 e. The van der Waals surface area contributed by atoms with E-state index in [0.717, 1.165) is 29.1 Å². The molecule has 1 spiro atoms. The minimum Gasteiger partial charge on any atom is -0.463 e. The van der Waals surface area contributed by atoms with E-state index in [1.165, 1.54) is 32.1 Å². The summed E-state index contributed by atoms with van der Waals surface area (Å²) in [7, 11) is 0. The van der Waals surface area contributed by atoms with Gasteiger partial charge in [0.1, 0.15) is 17.4 Å². The molecule has 6 rings (SSSR count). The SMILES string of the molecule is Clc1coc2cc(NN3C[C@]4(CC5CCC4CC5)ON3)ccc12. The number of nitrogens with zero attached hydrogens (tertiary/aromatic N) is 1. The van der Waals surface area contributed by atoms with Gasteiger partial charge < -0.3 is 9.84 Å². The van der Waals surface area contributed by atoms with Gasteiger partial charge in [-0.05, 0) is 56.1 Å². The minimum atomic E-state index is -0.0216. The predicted molar refractivity (Wildman–Crippen MR) is 88.6 cm³/mol. The van der Waals surface area contributed by atoms with Crippen LogP contribution < -0.4 is 11.0 Å². The summed E-state index contributed by atoms with van der Waals surface area (Å²) in [5, 5.41) is 3.53. The van der Waals surface area contributed by atoms with Crippen LogP contribution in [0.5, 0.6) is 0 Å². The Morgan fingerprint density at radius 2 is 2.13 bits per heavy atom. The number of rotatable bonds is 2. The molecule has 6 heteroatoms. The van der Waals surface area contributed by atoms with Gasteiger partial charge in [0, 0.05) is 11.5 Å². The maximum atomic E-state index is 6.07. The second kappa shape index (κ2) is 5.11. The van der Waals surface area contributed by atoms with Crippen molar-refractivity contribution in [3.05, 3.63) is 29.5 Å². The van der Waals surface area contributed by atoms with Gasteiger partial charge >= 0.3 is 0 Å². The van der Waals surface area contributed by atoms with Crippen molar-refractivity contribution < 1.29 is 9.25 Å². The molecule has 122 valence electrons. The summed E-state index contributed by atoms with van der Waals surface area (Å²) in [6.07, 6.45) is 8.10. The molecule has 4 fully saturated rings. The first-order valence-electron chi connectivity index (χ1n) is 8.36. The molecule has 1 aliphatic heterocycles. The van der Waals surface area contributed by atoms with E-state index in [1.54, 1.807) is 6.26 Å². The molecule has 1 aromatic carbocycles. The van der Waals surface area contributed by atoms with Crippen molar-refractivity contribution in [2.75, 3.05) is 12.0 Å². The lowest BCUT2D eigenvalue weighted by Crippen LogP contribution is -2.50. The van der Waals surface area contributed by atoms with E-state index in [9.17, 15) is 0 Å². The molecule has 2 heterocycles. The molecule has 0 radical (unpaired) electrons. The van der Waals surface area contributed by atoms with Gasteiger partial charge in [0.2, 0.25) is 0 Å². The molecule has 5 nitrogen and oxygen atoms in total. The van der Waals surface area contributed by atoms with E-state index < -0.39 is 0 Å². The van der Waals surface area contributed by atoms with Crippen LogP contribution in [0.15, 0.2) is 28.9 Å². The van der Waals surface area contributed by atoms with E-state index in [1.807, 2.05) is 23.3 Å². The Morgan fingerprint density at radius 1 is 1.26 bits per heavy atom. The smallest absolute Gasteiger partial charge is 0.137 e. The highest BCUT2D eigenvalue weighted by Crippen LogP contribution is 2.50. The molecule has 0 unspecified atom stereocenters. The van der Waals surface area contributed by atoms with Crippen LogP contribution in [0, 0.1) is 11.8 Å². The molecule has 1 saturated heterocycles. The van der Waals surface area contributed by atoms with Crippen LogP contribution in [0.2, 0.25) is 5.02 Å². The van der Waals surface area contributed by atoms with Gasteiger partial charge in [0.15, 0.2) is 0 Å². The maximum absolute atomic E-state index is 6.07. The van der Waals surface area contributed by atoms with Crippen LogP contribution in [0.3, 0.4) is 0 Å². The summed E-state index contributed by atoms with van der Waals surface area (Å²) in [5.74, 6) is 1.52. The molecule has 3 saturated carbocycles. The predicted octanol–water partition coefficient (Wildman–Crippen LogP) is 4.11. The minimum absolute atomic E-state index is 0.0216. The van der Waals surface area contributed by atoms with E-state index in [0.29, 0.717) is 10.9 Å². The number of benzene rings is 1. The number of anilines is 1.